The lowest BCUT2D eigenvalue weighted by molar-refractivity contribution is -0.122. The van der Waals surface area contributed by atoms with Crippen molar-refractivity contribution in [2.24, 2.45) is 0 Å². The van der Waals surface area contributed by atoms with Crippen LogP contribution in [0, 0.1) is 11.6 Å². The first-order valence-electron chi connectivity index (χ1n) is 9.18. The second-order valence-electron chi connectivity index (χ2n) is 6.70. The predicted molar refractivity (Wildman–Crippen MR) is 105 cm³/mol. The molecule has 0 saturated heterocycles. The third-order valence-corrected chi connectivity index (χ3v) is 4.72. The minimum Gasteiger partial charge on any atom is -0.350 e. The van der Waals surface area contributed by atoms with Gasteiger partial charge in [0.05, 0.1) is 5.52 Å². The highest BCUT2D eigenvalue weighted by Gasteiger charge is 2.15. The predicted octanol–water partition coefficient (Wildman–Crippen LogP) is 2.81. The number of rotatable bonds is 5. The maximum atomic E-state index is 13.6. The molecular formula is C21H18F2N4O2. The van der Waals surface area contributed by atoms with Crippen LogP contribution < -0.4 is 10.9 Å². The Balaban J connectivity index is 1.64. The Morgan fingerprint density at radius 3 is 2.48 bits per heavy atom. The van der Waals surface area contributed by atoms with Gasteiger partial charge in [0, 0.05) is 18.4 Å². The average molecular weight is 396 g/mol. The quantitative estimate of drug-likeness (QED) is 0.564. The number of aromatic nitrogens is 3. The molecule has 0 aliphatic heterocycles. The average Bonchev–Trinajstić information content (AvgIpc) is 3.08. The summed E-state index contributed by atoms with van der Waals surface area (Å²) in [5.74, 6) is -0.541. The molecule has 1 amide bonds. The largest absolute Gasteiger partial charge is 0.350 e. The number of fused-ring (bicyclic) bond motifs is 3. The van der Waals surface area contributed by atoms with Gasteiger partial charge in [0.2, 0.25) is 5.91 Å². The van der Waals surface area contributed by atoms with E-state index in [4.69, 9.17) is 0 Å². The molecule has 4 aromatic rings. The van der Waals surface area contributed by atoms with Gasteiger partial charge in [-0.15, -0.1) is 0 Å². The van der Waals surface area contributed by atoms with Gasteiger partial charge < -0.3 is 5.32 Å². The summed E-state index contributed by atoms with van der Waals surface area (Å²) in [4.78, 5) is 25.2. The number of nitrogens with one attached hydrogen (secondary N) is 1. The summed E-state index contributed by atoms with van der Waals surface area (Å²) in [5, 5.41) is 7.62. The Kier molecular flexibility index (Phi) is 4.84. The van der Waals surface area contributed by atoms with Gasteiger partial charge in [-0.25, -0.2) is 13.5 Å². The first-order valence-corrected chi connectivity index (χ1v) is 9.18. The van der Waals surface area contributed by atoms with E-state index in [0.717, 1.165) is 10.2 Å². The lowest BCUT2D eigenvalue weighted by Crippen LogP contribution is -2.35. The number of benzene rings is 2. The van der Waals surface area contributed by atoms with Gasteiger partial charge in [-0.3, -0.25) is 14.0 Å². The van der Waals surface area contributed by atoms with E-state index in [2.05, 4.69) is 10.4 Å². The van der Waals surface area contributed by atoms with Crippen LogP contribution in [0.25, 0.3) is 16.4 Å². The molecule has 4 rings (SSSR count). The second-order valence-corrected chi connectivity index (χ2v) is 6.70. The number of amides is 1. The molecule has 0 saturated carbocycles. The van der Waals surface area contributed by atoms with Gasteiger partial charge in [0.15, 0.2) is 0 Å². The van der Waals surface area contributed by atoms with Crippen molar-refractivity contribution in [1.82, 2.24) is 19.5 Å². The van der Waals surface area contributed by atoms with Gasteiger partial charge >= 0.3 is 0 Å². The Morgan fingerprint density at radius 2 is 1.76 bits per heavy atom. The SMILES string of the molecule is CCc1nn(CC(=O)NCc2ccc(F)cc2)c(=O)c2cc3cc(F)ccc3n12. The molecule has 1 N–H and O–H groups in total. The van der Waals surface area contributed by atoms with Gasteiger partial charge in [-0.1, -0.05) is 19.1 Å². The zero-order valence-corrected chi connectivity index (χ0v) is 15.7. The summed E-state index contributed by atoms with van der Waals surface area (Å²) in [7, 11) is 0. The van der Waals surface area contributed by atoms with Crippen LogP contribution in [0.5, 0.6) is 0 Å². The molecule has 0 aliphatic rings. The number of halogens is 2. The summed E-state index contributed by atoms with van der Waals surface area (Å²) in [5.41, 5.74) is 1.33. The second kappa shape index (κ2) is 7.46. The van der Waals surface area contributed by atoms with Crippen LogP contribution in [0.3, 0.4) is 0 Å². The van der Waals surface area contributed by atoms with Crippen LogP contribution in [0.1, 0.15) is 18.3 Å². The summed E-state index contributed by atoms with van der Waals surface area (Å²) >= 11 is 0. The minimum absolute atomic E-state index is 0.213. The van der Waals surface area contributed by atoms with Crippen molar-refractivity contribution in [3.05, 3.63) is 81.9 Å². The molecule has 0 aliphatic carbocycles. The fourth-order valence-corrected chi connectivity index (χ4v) is 3.31. The molecule has 29 heavy (non-hydrogen) atoms. The van der Waals surface area contributed by atoms with Crippen molar-refractivity contribution in [2.45, 2.75) is 26.4 Å². The molecule has 0 unspecified atom stereocenters. The van der Waals surface area contributed by atoms with E-state index in [1.807, 2.05) is 6.92 Å². The number of carbonyl (C=O) groups is 1. The molecule has 2 heterocycles. The highest BCUT2D eigenvalue weighted by Crippen LogP contribution is 2.20. The number of hydrogen-bond donors (Lipinski definition) is 1. The molecule has 0 bridgehead atoms. The van der Waals surface area contributed by atoms with Gasteiger partial charge in [-0.05, 0) is 42.0 Å². The van der Waals surface area contributed by atoms with Gasteiger partial charge in [0.1, 0.15) is 29.5 Å². The molecule has 8 heteroatoms. The molecule has 2 aromatic heterocycles. The van der Waals surface area contributed by atoms with E-state index >= 15 is 0 Å². The molecule has 148 valence electrons. The van der Waals surface area contributed by atoms with Crippen molar-refractivity contribution in [3.63, 3.8) is 0 Å². The Hall–Kier alpha value is -3.55. The highest BCUT2D eigenvalue weighted by molar-refractivity contribution is 5.87. The molecule has 6 nitrogen and oxygen atoms in total. The van der Waals surface area contributed by atoms with Crippen LogP contribution in [0.2, 0.25) is 0 Å². The number of carbonyl (C=O) groups excluding carboxylic acids is 1. The number of hydrogen-bond acceptors (Lipinski definition) is 3. The van der Waals surface area contributed by atoms with Crippen LogP contribution in [-0.4, -0.2) is 20.1 Å². The van der Waals surface area contributed by atoms with Crippen LogP contribution >= 0.6 is 0 Å². The third kappa shape index (κ3) is 3.61. The van der Waals surface area contributed by atoms with E-state index in [9.17, 15) is 18.4 Å². The number of aryl methyl sites for hydroxylation is 1. The standard InChI is InChI=1S/C21H18F2N4O2/c1-2-19-25-26(12-20(28)24-11-13-3-5-15(22)6-4-13)21(29)18-10-14-9-16(23)7-8-17(14)27(18)19/h3-10H,2,11-12H2,1H3,(H,24,28). The highest BCUT2D eigenvalue weighted by atomic mass is 19.1. The van der Waals surface area contributed by atoms with Crippen molar-refractivity contribution in [3.8, 4) is 0 Å². The molecular weight excluding hydrogens is 378 g/mol. The Morgan fingerprint density at radius 1 is 1.03 bits per heavy atom. The lowest BCUT2D eigenvalue weighted by Gasteiger charge is -2.10. The van der Waals surface area contributed by atoms with E-state index in [0.29, 0.717) is 28.7 Å². The molecule has 0 atom stereocenters. The fourth-order valence-electron chi connectivity index (χ4n) is 3.31. The summed E-state index contributed by atoms with van der Waals surface area (Å²) in [6, 6.07) is 11.7. The topological polar surface area (TPSA) is 68.4 Å². The number of nitrogens with zero attached hydrogens (tertiary/aromatic N) is 3. The van der Waals surface area contributed by atoms with E-state index in [1.54, 1.807) is 28.7 Å². The minimum atomic E-state index is -0.434. The van der Waals surface area contributed by atoms with Gasteiger partial charge in [0.25, 0.3) is 5.56 Å². The molecule has 0 radical (unpaired) electrons. The molecule has 2 aromatic carbocycles. The smallest absolute Gasteiger partial charge is 0.291 e. The van der Waals surface area contributed by atoms with Crippen LogP contribution in [0.15, 0.2) is 53.3 Å². The van der Waals surface area contributed by atoms with Crippen molar-refractivity contribution in [1.29, 1.82) is 0 Å². The third-order valence-electron chi connectivity index (χ3n) is 4.72. The normalized spacial score (nSPS) is 11.3. The molecule has 0 fully saturated rings. The summed E-state index contributed by atoms with van der Waals surface area (Å²) in [6.45, 7) is 1.85. The Bertz CT molecular complexity index is 1280. The Labute approximate surface area is 164 Å². The van der Waals surface area contributed by atoms with E-state index in [1.165, 1.54) is 24.3 Å². The van der Waals surface area contributed by atoms with Crippen molar-refractivity contribution < 1.29 is 13.6 Å². The maximum Gasteiger partial charge on any atom is 0.291 e. The van der Waals surface area contributed by atoms with E-state index in [-0.39, 0.29) is 24.7 Å². The van der Waals surface area contributed by atoms with Crippen LogP contribution in [-0.2, 0) is 24.3 Å². The lowest BCUT2D eigenvalue weighted by atomic mass is 10.2. The van der Waals surface area contributed by atoms with Crippen molar-refractivity contribution >= 4 is 22.3 Å². The fraction of sp³-hybridized carbons (Fsp3) is 0.190. The maximum absolute atomic E-state index is 13.6. The monoisotopic (exact) mass is 396 g/mol. The summed E-state index contributed by atoms with van der Waals surface area (Å²) < 4.78 is 29.3. The first kappa shape index (κ1) is 18.8. The summed E-state index contributed by atoms with van der Waals surface area (Å²) in [6.07, 6.45) is 0.523. The zero-order chi connectivity index (χ0) is 20.5. The van der Waals surface area contributed by atoms with Crippen LogP contribution in [0.4, 0.5) is 8.78 Å². The van der Waals surface area contributed by atoms with E-state index < -0.39 is 11.5 Å². The van der Waals surface area contributed by atoms with Gasteiger partial charge in [-0.2, -0.15) is 5.10 Å². The van der Waals surface area contributed by atoms with Crippen molar-refractivity contribution in [2.75, 3.05) is 0 Å². The first-order chi connectivity index (χ1) is 14.0. The molecule has 0 spiro atoms. The zero-order valence-electron chi connectivity index (χ0n) is 15.7.